The van der Waals surface area contributed by atoms with E-state index in [-0.39, 0.29) is 73.9 Å². The number of aryl methyl sites for hydroxylation is 1. The third-order valence-corrected chi connectivity index (χ3v) is 12.8. The molecule has 0 aliphatic carbocycles. The third kappa shape index (κ3) is 34.5. The Bertz CT molecular complexity index is 2480. The highest BCUT2D eigenvalue weighted by Gasteiger charge is 2.25. The van der Waals surface area contributed by atoms with Crippen LogP contribution in [0, 0.1) is 23.0 Å². The van der Waals surface area contributed by atoms with Gasteiger partial charge < -0.3 is 59.3 Å². The smallest absolute Gasteiger partial charge is 0.269 e. The van der Waals surface area contributed by atoms with Crippen LogP contribution < -0.4 is 64.0 Å². The van der Waals surface area contributed by atoms with Crippen molar-refractivity contribution in [3.05, 3.63) is 76.3 Å². The number of carbonyl (C=O) groups excluding carboxylic acids is 8. The van der Waals surface area contributed by atoms with Crippen LogP contribution in [-0.2, 0) is 48.4 Å². The van der Waals surface area contributed by atoms with Gasteiger partial charge in [0.05, 0.1) is 36.0 Å². The Morgan fingerprint density at radius 2 is 1.21 bits per heavy atom. The quantitative estimate of drug-likeness (QED) is 0.0191. The second-order valence-electron chi connectivity index (χ2n) is 18.9. The van der Waals surface area contributed by atoms with Crippen molar-refractivity contribution in [1.29, 1.82) is 0 Å². The standard InChI is InChI=1S/C39H64N10O8S.C7H7NO2.C3H6N2O2.2C3H8/c1-6-26(2)27(3)46-36(52)24-43-38(54)30(15-7-8-20-40)48-37(53)25-44-39(55)31(47-35(51)23-41)18-19-34(50)42-21-9-10-22-45-58(56,57)33-17-12-13-28-29(33)14-11-16-32(28)49(4)5;1-6-2-4-7(5-3-6)8(9)10;4-3(7)1-5-2-6;2*1-3-2/h11-14,16-17,26-27,30-31,45H,6-10,15,18-25,40-41H2,1-5H3,(H,42,50)(H,43,54)(H,44,55)(H,46,52)(H,47,51)(H,48,53);2-5H,1H3;2H,1H2,(H2,4,7)(H,5,6);2*3H2,1-2H3. The molecule has 0 spiro atoms. The summed E-state index contributed by atoms with van der Waals surface area (Å²) in [6, 6.07) is 14.8. The summed E-state index contributed by atoms with van der Waals surface area (Å²) in [4.78, 5) is 107. The monoisotopic (exact) mass is 1160 g/mol. The van der Waals surface area contributed by atoms with Crippen molar-refractivity contribution in [2.75, 3.05) is 64.8 Å². The molecule has 14 N–H and O–H groups in total. The van der Waals surface area contributed by atoms with Crippen molar-refractivity contribution in [3.8, 4) is 0 Å². The molecule has 0 saturated heterocycles. The molecule has 0 bridgehead atoms. The van der Waals surface area contributed by atoms with Crippen LogP contribution in [0.2, 0.25) is 0 Å². The van der Waals surface area contributed by atoms with Gasteiger partial charge in [0.1, 0.15) is 12.1 Å². The van der Waals surface area contributed by atoms with Crippen molar-refractivity contribution in [3.63, 3.8) is 0 Å². The van der Waals surface area contributed by atoms with E-state index in [1.165, 1.54) is 25.0 Å². The maximum Gasteiger partial charge on any atom is 0.269 e. The Balaban J connectivity index is 0. The fraction of sp³-hybridized carbons (Fsp3) is 0.564. The summed E-state index contributed by atoms with van der Waals surface area (Å²) in [6.45, 7) is 15.8. The molecule has 3 rings (SSSR count). The molecule has 0 radical (unpaired) electrons. The number of benzene rings is 3. The molecule has 456 valence electrons. The van der Waals surface area contributed by atoms with E-state index in [0.717, 1.165) is 23.1 Å². The van der Waals surface area contributed by atoms with Gasteiger partial charge in [-0.15, -0.1) is 0 Å². The fourth-order valence-corrected chi connectivity index (χ4v) is 8.03. The lowest BCUT2D eigenvalue weighted by atomic mass is 10.0. The second kappa shape index (κ2) is 44.5. The van der Waals surface area contributed by atoms with E-state index in [1.54, 1.807) is 30.3 Å². The van der Waals surface area contributed by atoms with E-state index in [2.05, 4.69) is 75.4 Å². The molecule has 0 aliphatic rings. The number of amides is 8. The second-order valence-corrected chi connectivity index (χ2v) is 20.6. The van der Waals surface area contributed by atoms with Gasteiger partial charge in [-0.2, -0.15) is 0 Å². The first-order chi connectivity index (χ1) is 38.3. The summed E-state index contributed by atoms with van der Waals surface area (Å²) in [7, 11) is -0.0258. The van der Waals surface area contributed by atoms with E-state index in [0.29, 0.717) is 44.0 Å². The van der Waals surface area contributed by atoms with E-state index in [1.807, 2.05) is 64.9 Å². The summed E-state index contributed by atoms with van der Waals surface area (Å²) < 4.78 is 28.9. The largest absolute Gasteiger partial charge is 0.377 e. The molecule has 8 amide bonds. The van der Waals surface area contributed by atoms with Crippen LogP contribution in [0.1, 0.15) is 118 Å². The topological polar surface area (TPSA) is 391 Å². The Morgan fingerprint density at radius 1 is 0.679 bits per heavy atom. The minimum atomic E-state index is -3.81. The lowest BCUT2D eigenvalue weighted by molar-refractivity contribution is -0.384. The molecular weight excluding hydrogens is 1070 g/mol. The zero-order valence-electron chi connectivity index (χ0n) is 49.1. The SMILES string of the molecule is CCC.CCC.CCC(C)C(C)NC(=O)CNC(=O)C(CCCCN)NC(=O)CNC(=O)C(CCC(=O)NCCCCNS(=O)(=O)c1cccc2c(N(C)C)cccc12)NC(=O)CN.Cc1ccc([N+](=O)[O-])cc1.NC(=O)CNC=O. The number of nitro benzene ring substituents is 1. The van der Waals surface area contributed by atoms with Gasteiger partial charge in [0.25, 0.3) is 5.69 Å². The van der Waals surface area contributed by atoms with Gasteiger partial charge in [0, 0.05) is 68.2 Å². The van der Waals surface area contributed by atoms with Crippen molar-refractivity contribution >= 4 is 79.9 Å². The zero-order valence-corrected chi connectivity index (χ0v) is 49.9. The average Bonchev–Trinajstić information content (AvgIpc) is 3.59. The highest BCUT2D eigenvalue weighted by molar-refractivity contribution is 7.89. The molecular formula is C55H93N13O12S. The van der Waals surface area contributed by atoms with Gasteiger partial charge in [-0.25, -0.2) is 13.1 Å². The Morgan fingerprint density at radius 3 is 1.72 bits per heavy atom. The molecule has 3 aromatic rings. The summed E-state index contributed by atoms with van der Waals surface area (Å²) in [6.07, 6.45) is 5.82. The number of fused-ring (bicyclic) bond motifs is 1. The molecule has 0 heterocycles. The third-order valence-electron chi connectivity index (χ3n) is 11.3. The molecule has 0 fully saturated rings. The molecule has 0 saturated carbocycles. The normalized spacial score (nSPS) is 11.8. The van der Waals surface area contributed by atoms with Crippen LogP contribution in [-0.4, -0.2) is 139 Å². The van der Waals surface area contributed by atoms with Gasteiger partial charge in [-0.1, -0.05) is 103 Å². The number of unbranched alkanes of at least 4 members (excludes halogenated alkanes) is 2. The highest BCUT2D eigenvalue weighted by Crippen LogP contribution is 2.30. The molecule has 25 nitrogen and oxygen atoms in total. The first-order valence-corrected chi connectivity index (χ1v) is 28.8. The van der Waals surface area contributed by atoms with Gasteiger partial charge in [0.2, 0.25) is 57.8 Å². The van der Waals surface area contributed by atoms with Crippen LogP contribution in [0.25, 0.3) is 10.8 Å². The van der Waals surface area contributed by atoms with Gasteiger partial charge in [0.15, 0.2) is 0 Å². The van der Waals surface area contributed by atoms with Crippen LogP contribution in [0.15, 0.2) is 65.6 Å². The molecule has 26 heteroatoms. The Labute approximate surface area is 478 Å². The van der Waals surface area contributed by atoms with Crippen LogP contribution in [0.3, 0.4) is 0 Å². The average molecular weight is 1160 g/mol. The number of sulfonamides is 1. The van der Waals surface area contributed by atoms with E-state index in [4.69, 9.17) is 11.5 Å². The number of anilines is 1. The molecule has 81 heavy (non-hydrogen) atoms. The number of nitrogens with two attached hydrogens (primary N) is 3. The Kier molecular flexibility index (Phi) is 41.6. The summed E-state index contributed by atoms with van der Waals surface area (Å²) in [5, 5.41) is 29.2. The van der Waals surface area contributed by atoms with E-state index >= 15 is 0 Å². The number of hydrogen-bond donors (Lipinski definition) is 11. The Hall–Kier alpha value is -7.29. The molecule has 0 aliphatic heterocycles. The number of nitro groups is 1. The van der Waals surface area contributed by atoms with Crippen molar-refractivity contribution in [2.24, 2.45) is 23.1 Å². The summed E-state index contributed by atoms with van der Waals surface area (Å²) >= 11 is 0. The first kappa shape index (κ1) is 75.8. The lowest BCUT2D eigenvalue weighted by Gasteiger charge is -2.22. The van der Waals surface area contributed by atoms with E-state index < -0.39 is 75.6 Å². The number of carbonyl (C=O) groups is 8. The van der Waals surface area contributed by atoms with Gasteiger partial charge >= 0.3 is 0 Å². The maximum absolute atomic E-state index is 13.2. The number of rotatable bonds is 31. The maximum atomic E-state index is 13.2. The zero-order chi connectivity index (χ0) is 61.9. The van der Waals surface area contributed by atoms with Gasteiger partial charge in [-0.05, 0) is 77.0 Å². The van der Waals surface area contributed by atoms with Crippen molar-refractivity contribution in [1.82, 2.24) is 41.9 Å². The number of nitrogens with one attached hydrogen (secondary N) is 8. The van der Waals surface area contributed by atoms with Crippen molar-refractivity contribution in [2.45, 2.75) is 143 Å². The minimum absolute atomic E-state index is 0.0799. The summed E-state index contributed by atoms with van der Waals surface area (Å²) in [5.74, 6) is -3.69. The molecule has 4 unspecified atom stereocenters. The van der Waals surface area contributed by atoms with Crippen LogP contribution >= 0.6 is 0 Å². The minimum Gasteiger partial charge on any atom is -0.377 e. The first-order valence-electron chi connectivity index (χ1n) is 27.3. The molecule has 4 atom stereocenters. The molecule has 0 aromatic heterocycles. The fourth-order valence-electron chi connectivity index (χ4n) is 6.73. The predicted molar refractivity (Wildman–Crippen MR) is 317 cm³/mol. The van der Waals surface area contributed by atoms with Gasteiger partial charge in [-0.3, -0.25) is 48.5 Å². The van der Waals surface area contributed by atoms with Crippen molar-refractivity contribution < 1.29 is 51.7 Å². The van der Waals surface area contributed by atoms with Crippen LogP contribution in [0.4, 0.5) is 11.4 Å². The van der Waals surface area contributed by atoms with Crippen LogP contribution in [0.5, 0.6) is 0 Å². The van der Waals surface area contributed by atoms with E-state index in [9.17, 15) is 56.9 Å². The lowest BCUT2D eigenvalue weighted by Crippen LogP contribution is -2.53. The molecule has 3 aromatic carbocycles. The number of primary amides is 1. The number of non-ortho nitro benzene ring substituents is 1. The number of hydrogen-bond acceptors (Lipinski definition) is 15. The highest BCUT2D eigenvalue weighted by atomic mass is 32.2. The predicted octanol–water partition coefficient (Wildman–Crippen LogP) is 2.65. The number of nitrogens with zero attached hydrogens (tertiary/aromatic N) is 2. The summed E-state index contributed by atoms with van der Waals surface area (Å²) in [5.41, 5.74) is 17.7.